The number of nitrogens with zero attached hydrogens (tertiary/aromatic N) is 2. The number of rotatable bonds is 5. The van der Waals surface area contributed by atoms with E-state index in [-0.39, 0.29) is 35.3 Å². The third-order valence-corrected chi connectivity index (χ3v) is 5.49. The topological polar surface area (TPSA) is 113 Å². The molecule has 0 bridgehead atoms. The SMILES string of the molecule is CNc1cc([N+](=O)[O-])ccc1S(=O)(=O)N1CCC(CO)C1. The van der Waals surface area contributed by atoms with E-state index in [1.54, 1.807) is 0 Å². The number of sulfonamides is 1. The van der Waals surface area contributed by atoms with Crippen LogP contribution in [0.1, 0.15) is 6.42 Å². The van der Waals surface area contributed by atoms with Gasteiger partial charge in [0.25, 0.3) is 5.69 Å². The van der Waals surface area contributed by atoms with Crippen LogP contribution in [0.15, 0.2) is 23.1 Å². The molecule has 0 amide bonds. The highest BCUT2D eigenvalue weighted by atomic mass is 32.2. The lowest BCUT2D eigenvalue weighted by Crippen LogP contribution is -2.29. The maximum Gasteiger partial charge on any atom is 0.271 e. The third-order valence-electron chi connectivity index (χ3n) is 3.57. The predicted octanol–water partition coefficient (Wildman–Crippen LogP) is 0.639. The first-order chi connectivity index (χ1) is 9.90. The monoisotopic (exact) mass is 315 g/mol. The number of anilines is 1. The molecule has 2 rings (SSSR count). The largest absolute Gasteiger partial charge is 0.396 e. The van der Waals surface area contributed by atoms with E-state index in [0.29, 0.717) is 13.0 Å². The van der Waals surface area contributed by atoms with Crippen molar-refractivity contribution in [2.75, 3.05) is 32.1 Å². The molecule has 0 aromatic heterocycles. The van der Waals surface area contributed by atoms with Gasteiger partial charge in [-0.3, -0.25) is 10.1 Å². The van der Waals surface area contributed by atoms with Crippen molar-refractivity contribution in [3.63, 3.8) is 0 Å². The van der Waals surface area contributed by atoms with Crippen molar-refractivity contribution in [2.24, 2.45) is 5.92 Å². The van der Waals surface area contributed by atoms with E-state index in [4.69, 9.17) is 5.11 Å². The number of hydrogen-bond donors (Lipinski definition) is 2. The van der Waals surface area contributed by atoms with Crippen molar-refractivity contribution < 1.29 is 18.4 Å². The molecule has 1 heterocycles. The number of hydrogen-bond acceptors (Lipinski definition) is 6. The lowest BCUT2D eigenvalue weighted by atomic mass is 10.1. The molecule has 0 spiro atoms. The molecule has 1 aromatic carbocycles. The van der Waals surface area contributed by atoms with Crippen molar-refractivity contribution in [3.05, 3.63) is 28.3 Å². The quantitative estimate of drug-likeness (QED) is 0.609. The second kappa shape index (κ2) is 5.96. The minimum absolute atomic E-state index is 0.00851. The smallest absolute Gasteiger partial charge is 0.271 e. The summed E-state index contributed by atoms with van der Waals surface area (Å²) in [7, 11) is -2.22. The van der Waals surface area contributed by atoms with E-state index in [1.807, 2.05) is 0 Å². The first-order valence-corrected chi connectivity index (χ1v) is 7.91. The maximum atomic E-state index is 12.6. The summed E-state index contributed by atoms with van der Waals surface area (Å²) in [6, 6.07) is 3.62. The Labute approximate surface area is 122 Å². The summed E-state index contributed by atoms with van der Waals surface area (Å²) in [6.07, 6.45) is 0.609. The van der Waals surface area contributed by atoms with Crippen LogP contribution in [-0.4, -0.2) is 49.5 Å². The van der Waals surface area contributed by atoms with Gasteiger partial charge in [0, 0.05) is 38.9 Å². The summed E-state index contributed by atoms with van der Waals surface area (Å²) in [5, 5.41) is 22.6. The maximum absolute atomic E-state index is 12.6. The van der Waals surface area contributed by atoms with Crippen molar-refractivity contribution in [1.29, 1.82) is 0 Å². The fraction of sp³-hybridized carbons (Fsp3) is 0.500. The number of nitrogens with one attached hydrogen (secondary N) is 1. The molecule has 2 N–H and O–H groups in total. The van der Waals surface area contributed by atoms with Crippen molar-refractivity contribution in [2.45, 2.75) is 11.3 Å². The molecule has 1 aromatic rings. The van der Waals surface area contributed by atoms with E-state index >= 15 is 0 Å². The van der Waals surface area contributed by atoms with Crippen molar-refractivity contribution >= 4 is 21.4 Å². The summed E-state index contributed by atoms with van der Waals surface area (Å²) >= 11 is 0. The Morgan fingerprint density at radius 1 is 1.52 bits per heavy atom. The van der Waals surface area contributed by atoms with Crippen LogP contribution in [0.4, 0.5) is 11.4 Å². The van der Waals surface area contributed by atoms with Crippen LogP contribution < -0.4 is 5.32 Å². The number of aliphatic hydroxyl groups excluding tert-OH is 1. The molecule has 8 nitrogen and oxygen atoms in total. The average Bonchev–Trinajstić information content (AvgIpc) is 2.96. The summed E-state index contributed by atoms with van der Waals surface area (Å²) in [6.45, 7) is 0.553. The van der Waals surface area contributed by atoms with Crippen LogP contribution in [0.5, 0.6) is 0 Å². The number of aliphatic hydroxyl groups is 1. The molecule has 0 saturated carbocycles. The van der Waals surface area contributed by atoms with Crippen molar-refractivity contribution in [1.82, 2.24) is 4.31 Å². The second-order valence-corrected chi connectivity index (χ2v) is 6.79. The van der Waals surface area contributed by atoms with Crippen LogP contribution in [0, 0.1) is 16.0 Å². The molecule has 1 unspecified atom stereocenters. The molecular formula is C12H17N3O5S. The minimum atomic E-state index is -3.73. The van der Waals surface area contributed by atoms with Gasteiger partial charge in [0.2, 0.25) is 10.0 Å². The fourth-order valence-corrected chi connectivity index (χ4v) is 4.07. The normalized spacial score (nSPS) is 19.6. The highest BCUT2D eigenvalue weighted by molar-refractivity contribution is 7.89. The van der Waals surface area contributed by atoms with E-state index in [9.17, 15) is 18.5 Å². The van der Waals surface area contributed by atoms with Crippen LogP contribution in [-0.2, 0) is 10.0 Å². The number of nitro groups is 1. The Bertz CT molecular complexity index is 646. The van der Waals surface area contributed by atoms with Crippen molar-refractivity contribution in [3.8, 4) is 0 Å². The molecule has 1 atom stereocenters. The van der Waals surface area contributed by atoms with Gasteiger partial charge in [-0.1, -0.05) is 0 Å². The molecular weight excluding hydrogens is 298 g/mol. The van der Waals surface area contributed by atoms with Gasteiger partial charge in [-0.05, 0) is 18.4 Å². The Morgan fingerprint density at radius 3 is 2.76 bits per heavy atom. The molecule has 0 radical (unpaired) electrons. The third kappa shape index (κ3) is 2.99. The fourth-order valence-electron chi connectivity index (χ4n) is 2.36. The van der Waals surface area contributed by atoms with E-state index in [2.05, 4.69) is 5.32 Å². The lowest BCUT2D eigenvalue weighted by molar-refractivity contribution is -0.384. The van der Waals surface area contributed by atoms with Gasteiger partial charge >= 0.3 is 0 Å². The highest BCUT2D eigenvalue weighted by Crippen LogP contribution is 2.31. The van der Waals surface area contributed by atoms with Crippen LogP contribution >= 0.6 is 0 Å². The van der Waals surface area contributed by atoms with Crippen LogP contribution in [0.3, 0.4) is 0 Å². The minimum Gasteiger partial charge on any atom is -0.396 e. The van der Waals surface area contributed by atoms with Gasteiger partial charge in [0.1, 0.15) is 4.90 Å². The van der Waals surface area contributed by atoms with Gasteiger partial charge in [-0.2, -0.15) is 4.31 Å². The predicted molar refractivity (Wildman–Crippen MR) is 76.6 cm³/mol. The van der Waals surface area contributed by atoms with Gasteiger partial charge in [0.05, 0.1) is 10.6 Å². The summed E-state index contributed by atoms with van der Waals surface area (Å²) in [5.41, 5.74) is 0.0182. The lowest BCUT2D eigenvalue weighted by Gasteiger charge is -2.18. The van der Waals surface area contributed by atoms with Crippen LogP contribution in [0.2, 0.25) is 0 Å². The Balaban J connectivity index is 2.38. The molecule has 116 valence electrons. The second-order valence-electron chi connectivity index (χ2n) is 4.89. The molecule has 1 saturated heterocycles. The summed E-state index contributed by atoms with van der Waals surface area (Å²) in [5.74, 6) is -0.0594. The van der Waals surface area contributed by atoms with Gasteiger partial charge in [-0.15, -0.1) is 0 Å². The highest BCUT2D eigenvalue weighted by Gasteiger charge is 2.34. The average molecular weight is 315 g/mol. The molecule has 9 heteroatoms. The zero-order valence-corrected chi connectivity index (χ0v) is 12.3. The van der Waals surface area contributed by atoms with Gasteiger partial charge in [-0.25, -0.2) is 8.42 Å². The van der Waals surface area contributed by atoms with E-state index in [1.165, 1.54) is 29.6 Å². The Kier molecular flexibility index (Phi) is 4.45. The molecule has 21 heavy (non-hydrogen) atoms. The zero-order valence-electron chi connectivity index (χ0n) is 11.5. The molecule has 0 aliphatic carbocycles. The number of benzene rings is 1. The summed E-state index contributed by atoms with van der Waals surface area (Å²) in [4.78, 5) is 10.2. The van der Waals surface area contributed by atoms with E-state index in [0.717, 1.165) is 0 Å². The van der Waals surface area contributed by atoms with Gasteiger partial charge < -0.3 is 10.4 Å². The molecule has 1 aliphatic heterocycles. The van der Waals surface area contributed by atoms with Crippen LogP contribution in [0.25, 0.3) is 0 Å². The van der Waals surface area contributed by atoms with E-state index < -0.39 is 14.9 Å². The Hall–Kier alpha value is -1.71. The molecule has 1 aliphatic rings. The molecule has 1 fully saturated rings. The van der Waals surface area contributed by atoms with Gasteiger partial charge in [0.15, 0.2) is 0 Å². The zero-order chi connectivity index (χ0) is 15.6. The first kappa shape index (κ1) is 15.7. The number of non-ortho nitro benzene ring substituents is 1. The number of nitro benzene ring substituents is 1. The first-order valence-electron chi connectivity index (χ1n) is 6.47. The summed E-state index contributed by atoms with van der Waals surface area (Å²) < 4.78 is 26.5. The standard InChI is InChI=1S/C12H17N3O5S/c1-13-11-6-10(15(17)18)2-3-12(11)21(19,20)14-5-4-9(7-14)8-16/h2-3,6,9,13,16H,4-5,7-8H2,1H3. The Morgan fingerprint density at radius 2 is 2.24 bits per heavy atom.